The lowest BCUT2D eigenvalue weighted by Crippen LogP contribution is -2.48. The van der Waals surface area contributed by atoms with Gasteiger partial charge in [-0.05, 0) is 80.0 Å². The van der Waals surface area contributed by atoms with Gasteiger partial charge in [0.15, 0.2) is 6.61 Å². The Labute approximate surface area is 219 Å². The Kier molecular flexibility index (Phi) is 6.23. The van der Waals surface area contributed by atoms with E-state index in [9.17, 15) is 4.79 Å². The average molecular weight is 529 g/mol. The average Bonchev–Trinajstić information content (AvgIpc) is 3.33. The van der Waals surface area contributed by atoms with E-state index in [0.29, 0.717) is 27.5 Å². The Morgan fingerprint density at radius 2 is 1.69 bits per heavy atom. The number of carbonyl (C=O) groups is 1. The predicted octanol–water partition coefficient (Wildman–Crippen LogP) is 6.92. The van der Waals surface area contributed by atoms with Gasteiger partial charge in [0, 0.05) is 10.4 Å². The molecule has 2 aromatic carbocycles. The molecule has 3 aromatic rings. The molecule has 4 fully saturated rings. The summed E-state index contributed by atoms with van der Waals surface area (Å²) in [6, 6.07) is 14.9. The summed E-state index contributed by atoms with van der Waals surface area (Å²) in [6.45, 7) is 0.257. The molecule has 0 atom stereocenters. The first-order chi connectivity index (χ1) is 17.0. The Morgan fingerprint density at radius 3 is 2.34 bits per heavy atom. The van der Waals surface area contributed by atoms with Gasteiger partial charge in [0.2, 0.25) is 5.13 Å². The molecule has 0 unspecified atom stereocenters. The number of benzene rings is 2. The van der Waals surface area contributed by atoms with Crippen LogP contribution in [0.15, 0.2) is 48.5 Å². The molecule has 4 bridgehead atoms. The van der Waals surface area contributed by atoms with E-state index in [1.165, 1.54) is 38.5 Å². The number of amides is 1. The van der Waals surface area contributed by atoms with Gasteiger partial charge in [-0.1, -0.05) is 64.9 Å². The van der Waals surface area contributed by atoms with Crippen molar-refractivity contribution in [2.45, 2.75) is 50.5 Å². The third-order valence-corrected chi connectivity index (χ3v) is 9.59. The van der Waals surface area contributed by atoms with E-state index in [-0.39, 0.29) is 17.9 Å². The molecule has 0 aliphatic heterocycles. The molecule has 0 radical (unpaired) electrons. The van der Waals surface area contributed by atoms with Gasteiger partial charge in [-0.15, -0.1) is 10.2 Å². The van der Waals surface area contributed by atoms with Crippen LogP contribution in [0.25, 0.3) is 0 Å². The van der Waals surface area contributed by atoms with Crippen molar-refractivity contribution >= 4 is 45.6 Å². The number of rotatable bonds is 7. The third-order valence-electron chi connectivity index (χ3n) is 7.87. The molecule has 0 saturated heterocycles. The summed E-state index contributed by atoms with van der Waals surface area (Å²) in [5, 5.41) is 11.9. The number of halogens is 2. The molecule has 1 heterocycles. The Bertz CT molecular complexity index is 1200. The minimum Gasteiger partial charge on any atom is -0.482 e. The summed E-state index contributed by atoms with van der Waals surface area (Å²) >= 11 is 13.8. The van der Waals surface area contributed by atoms with Gasteiger partial charge in [-0.3, -0.25) is 9.69 Å². The number of hydrogen-bond acceptors (Lipinski definition) is 5. The Balaban J connectivity index is 1.25. The molecule has 1 amide bonds. The lowest BCUT2D eigenvalue weighted by Gasteiger charge is -2.55. The van der Waals surface area contributed by atoms with Crippen LogP contribution in [0.3, 0.4) is 0 Å². The van der Waals surface area contributed by atoms with Crippen LogP contribution in [0.5, 0.6) is 5.75 Å². The molecule has 35 heavy (non-hydrogen) atoms. The summed E-state index contributed by atoms with van der Waals surface area (Å²) in [6.07, 6.45) is 7.81. The summed E-state index contributed by atoms with van der Waals surface area (Å²) in [5.74, 6) is 2.72. The summed E-state index contributed by atoms with van der Waals surface area (Å²) in [7, 11) is 0. The van der Waals surface area contributed by atoms with E-state index >= 15 is 0 Å². The monoisotopic (exact) mass is 527 g/mol. The third kappa shape index (κ3) is 4.68. The number of ether oxygens (including phenoxy) is 1. The second-order valence-corrected chi connectivity index (χ2v) is 12.2. The highest BCUT2D eigenvalue weighted by atomic mass is 35.5. The van der Waals surface area contributed by atoms with Crippen molar-refractivity contribution in [1.82, 2.24) is 10.2 Å². The molecule has 0 spiro atoms. The van der Waals surface area contributed by atoms with E-state index in [1.807, 2.05) is 30.3 Å². The van der Waals surface area contributed by atoms with Gasteiger partial charge in [0.05, 0.1) is 11.6 Å². The van der Waals surface area contributed by atoms with Gasteiger partial charge in [-0.25, -0.2) is 0 Å². The fraction of sp³-hybridized carbons (Fsp3) is 0.444. The second kappa shape index (κ2) is 9.38. The van der Waals surface area contributed by atoms with Gasteiger partial charge >= 0.3 is 0 Å². The van der Waals surface area contributed by atoms with Crippen molar-refractivity contribution in [3.8, 4) is 5.75 Å². The molecule has 4 aliphatic carbocycles. The number of hydrogen-bond donors (Lipinski definition) is 0. The van der Waals surface area contributed by atoms with E-state index in [1.54, 1.807) is 34.4 Å². The quantitative estimate of drug-likeness (QED) is 0.334. The van der Waals surface area contributed by atoms with Crippen molar-refractivity contribution in [3.63, 3.8) is 0 Å². The molecule has 4 aliphatic rings. The van der Waals surface area contributed by atoms with Crippen LogP contribution in [0, 0.1) is 17.8 Å². The fourth-order valence-electron chi connectivity index (χ4n) is 6.75. The minimum atomic E-state index is -0.187. The molecule has 4 saturated carbocycles. The minimum absolute atomic E-state index is 0.152. The van der Waals surface area contributed by atoms with E-state index < -0.39 is 0 Å². The highest BCUT2D eigenvalue weighted by Gasteiger charge is 2.53. The van der Waals surface area contributed by atoms with Crippen LogP contribution >= 0.6 is 34.5 Å². The molecular weight excluding hydrogens is 501 g/mol. The highest BCUT2D eigenvalue weighted by Crippen LogP contribution is 2.61. The van der Waals surface area contributed by atoms with E-state index in [2.05, 4.69) is 5.10 Å². The van der Waals surface area contributed by atoms with Gasteiger partial charge in [0.1, 0.15) is 10.8 Å². The molecule has 1 aromatic heterocycles. The normalized spacial score (nSPS) is 26.6. The molecule has 0 N–H and O–H groups in total. The maximum atomic E-state index is 13.4. The van der Waals surface area contributed by atoms with Crippen LogP contribution in [0.1, 0.15) is 49.1 Å². The number of carbonyl (C=O) groups excluding carboxylic acids is 1. The number of nitrogens with zero attached hydrogens (tertiary/aromatic N) is 3. The SMILES string of the molecule is O=C(COc1ccc(Cl)cc1Cl)N(Cc1ccccc1)c1nnc(C23CC4CC(CC(C4)C2)C3)s1. The van der Waals surface area contributed by atoms with Crippen LogP contribution < -0.4 is 9.64 Å². The summed E-state index contributed by atoms with van der Waals surface area (Å²) < 4.78 is 5.78. The van der Waals surface area contributed by atoms with Gasteiger partial charge in [-0.2, -0.15) is 0 Å². The molecular formula is C27H27Cl2N3O2S. The molecule has 8 heteroatoms. The summed E-state index contributed by atoms with van der Waals surface area (Å²) in [5.41, 5.74) is 1.18. The number of aromatic nitrogens is 2. The zero-order chi connectivity index (χ0) is 24.0. The van der Waals surface area contributed by atoms with Crippen LogP contribution in [-0.4, -0.2) is 22.7 Å². The second-order valence-electron chi connectivity index (χ2n) is 10.4. The largest absolute Gasteiger partial charge is 0.482 e. The van der Waals surface area contributed by atoms with Crippen molar-refractivity contribution in [2.75, 3.05) is 11.5 Å². The first-order valence-corrected chi connectivity index (χ1v) is 13.8. The van der Waals surface area contributed by atoms with Gasteiger partial charge in [0.25, 0.3) is 5.91 Å². The van der Waals surface area contributed by atoms with Crippen LogP contribution in [0.4, 0.5) is 5.13 Å². The van der Waals surface area contributed by atoms with Crippen molar-refractivity contribution in [2.24, 2.45) is 17.8 Å². The molecule has 7 rings (SSSR count). The Morgan fingerprint density at radius 1 is 1.00 bits per heavy atom. The lowest BCUT2D eigenvalue weighted by molar-refractivity contribution is -0.120. The van der Waals surface area contributed by atoms with Gasteiger partial charge < -0.3 is 4.74 Å². The maximum absolute atomic E-state index is 13.4. The fourth-order valence-corrected chi connectivity index (χ4v) is 8.29. The van der Waals surface area contributed by atoms with Crippen molar-refractivity contribution in [3.05, 3.63) is 69.1 Å². The Hall–Kier alpha value is -2.15. The highest BCUT2D eigenvalue weighted by molar-refractivity contribution is 7.15. The number of anilines is 1. The first-order valence-electron chi connectivity index (χ1n) is 12.2. The topological polar surface area (TPSA) is 55.3 Å². The van der Waals surface area contributed by atoms with Crippen LogP contribution in [-0.2, 0) is 16.8 Å². The standard InChI is InChI=1S/C27H27Cl2N3O2S/c28-21-6-7-23(22(29)11-21)34-16-24(33)32(15-17-4-2-1-3-5-17)26-31-30-25(35-26)27-12-18-8-19(13-27)10-20(9-18)14-27/h1-7,11,18-20H,8-10,12-16H2. The predicted molar refractivity (Wildman–Crippen MR) is 139 cm³/mol. The molecule has 182 valence electrons. The smallest absolute Gasteiger partial charge is 0.267 e. The van der Waals surface area contributed by atoms with Crippen LogP contribution in [0.2, 0.25) is 10.0 Å². The zero-order valence-electron chi connectivity index (χ0n) is 19.3. The first kappa shape index (κ1) is 23.3. The maximum Gasteiger partial charge on any atom is 0.267 e. The molecule has 5 nitrogen and oxygen atoms in total. The zero-order valence-corrected chi connectivity index (χ0v) is 21.7. The van der Waals surface area contributed by atoms with E-state index in [0.717, 1.165) is 28.3 Å². The van der Waals surface area contributed by atoms with Crippen molar-refractivity contribution < 1.29 is 9.53 Å². The van der Waals surface area contributed by atoms with Crippen molar-refractivity contribution in [1.29, 1.82) is 0 Å². The lowest BCUT2D eigenvalue weighted by atomic mass is 9.50. The van der Waals surface area contributed by atoms with E-state index in [4.69, 9.17) is 33.0 Å². The summed E-state index contributed by atoms with van der Waals surface area (Å²) in [4.78, 5) is 15.1.